The van der Waals surface area contributed by atoms with Crippen LogP contribution in [0, 0.1) is 0 Å². The third-order valence-electron chi connectivity index (χ3n) is 6.16. The molecule has 0 saturated heterocycles. The molecular formula is C20H25F19N2O4. The summed E-state index contributed by atoms with van der Waals surface area (Å²) in [7, 11) is 3.02. The highest BCUT2D eigenvalue weighted by molar-refractivity contribution is 5.64. The Morgan fingerprint density at radius 1 is 0.689 bits per heavy atom. The lowest BCUT2D eigenvalue weighted by atomic mass is 9.83. The number of halogens is 19. The van der Waals surface area contributed by atoms with Crippen molar-refractivity contribution in [1.82, 2.24) is 5.32 Å². The van der Waals surface area contributed by atoms with E-state index in [2.05, 4.69) is 5.32 Å². The summed E-state index contributed by atoms with van der Waals surface area (Å²) >= 11 is 0. The molecule has 25 heteroatoms. The number of nitrogens with one attached hydrogen (secondary N) is 1. The zero-order chi connectivity index (χ0) is 35.8. The summed E-state index contributed by atoms with van der Waals surface area (Å²) in [5.74, 6) is -52.0. The second kappa shape index (κ2) is 13.6. The van der Waals surface area contributed by atoms with Gasteiger partial charge in [0.05, 0.1) is 33.3 Å². The number of hydrogen-bond acceptors (Lipinski definition) is 4. The molecule has 0 aliphatic carbocycles. The second-order valence-corrected chi connectivity index (χ2v) is 10.2. The minimum Gasteiger partial charge on any atom is -0.550 e. The van der Waals surface area contributed by atoms with Crippen molar-refractivity contribution in [2.24, 2.45) is 0 Å². The average Bonchev–Trinajstić information content (AvgIpc) is 2.79. The van der Waals surface area contributed by atoms with Crippen LogP contribution < -0.4 is 10.4 Å². The number of carboxylic acid groups (broad SMARTS) is 1. The van der Waals surface area contributed by atoms with Crippen molar-refractivity contribution in [3.05, 3.63) is 0 Å². The van der Waals surface area contributed by atoms with Crippen LogP contribution in [0.25, 0.3) is 0 Å². The van der Waals surface area contributed by atoms with Gasteiger partial charge in [-0.1, -0.05) is 0 Å². The highest BCUT2D eigenvalue weighted by Crippen LogP contribution is 2.66. The average molecular weight is 718 g/mol. The molecule has 0 rings (SSSR count). The fraction of sp³-hybridized carbons (Fsp3) is 0.950. The molecule has 1 atom stereocenters. The topological polar surface area (TPSA) is 104 Å². The maximum Gasteiger partial charge on any atom is 0.438 e. The summed E-state index contributed by atoms with van der Waals surface area (Å²) in [5, 5.41) is 22.0. The molecule has 0 aromatic rings. The lowest BCUT2D eigenvalue weighted by Crippen LogP contribution is -2.77. The van der Waals surface area contributed by atoms with Gasteiger partial charge in [-0.15, -0.1) is 0 Å². The number of alkyl halides is 19. The van der Waals surface area contributed by atoms with Crippen LogP contribution in [-0.4, -0.2) is 121 Å². The lowest BCUT2D eigenvalue weighted by molar-refractivity contribution is -0.890. The van der Waals surface area contributed by atoms with Gasteiger partial charge >= 0.3 is 53.6 Å². The van der Waals surface area contributed by atoms with Gasteiger partial charge in [0.25, 0.3) is 0 Å². The predicted octanol–water partition coefficient (Wildman–Crippen LogP) is 3.75. The van der Waals surface area contributed by atoms with E-state index in [-0.39, 0.29) is 36.0 Å². The Morgan fingerprint density at radius 3 is 1.44 bits per heavy atom. The normalized spacial score (nSPS) is 16.0. The zero-order valence-corrected chi connectivity index (χ0v) is 22.4. The number of carbonyl (C=O) groups excluding carboxylic acids is 1. The van der Waals surface area contributed by atoms with Crippen LogP contribution in [0.2, 0.25) is 0 Å². The molecule has 0 heterocycles. The number of carbonyl (C=O) groups is 1. The summed E-state index contributed by atoms with van der Waals surface area (Å²) in [6.45, 7) is -1.40. The first-order valence-electron chi connectivity index (χ1n) is 11.5. The fourth-order valence-corrected chi connectivity index (χ4v) is 3.46. The number of aliphatic hydroxyl groups excluding tert-OH is 1. The molecule has 0 aromatic carbocycles. The van der Waals surface area contributed by atoms with Gasteiger partial charge in [0.15, 0.2) is 0 Å². The Labute approximate surface area is 240 Å². The van der Waals surface area contributed by atoms with Crippen molar-refractivity contribution in [2.45, 2.75) is 78.9 Å². The molecule has 0 aliphatic rings. The summed E-state index contributed by atoms with van der Waals surface area (Å²) in [6.07, 6.45) is -23.0. The molecule has 0 saturated carbocycles. The molecule has 0 spiro atoms. The van der Waals surface area contributed by atoms with E-state index >= 15 is 0 Å². The maximum atomic E-state index is 14.0. The third-order valence-corrected chi connectivity index (χ3v) is 6.16. The van der Waals surface area contributed by atoms with Crippen molar-refractivity contribution in [1.29, 1.82) is 0 Å². The van der Waals surface area contributed by atoms with Crippen LogP contribution >= 0.6 is 0 Å². The van der Waals surface area contributed by atoms with E-state index in [1.165, 1.54) is 14.1 Å². The summed E-state index contributed by atoms with van der Waals surface area (Å²) in [4.78, 5) is 10.5. The minimum atomic E-state index is -9.09. The Kier molecular flexibility index (Phi) is 13.6. The molecule has 45 heavy (non-hydrogen) atoms. The number of hydrogen-bond donors (Lipinski definition) is 2. The quantitative estimate of drug-likeness (QED) is 0.136. The van der Waals surface area contributed by atoms with Gasteiger partial charge in [-0.2, -0.15) is 79.0 Å². The standard InChI is InChI=1S/C20H23F19N2O3.H2O/c1-41(2,7-4-11(43)44)6-3-5-40-9-10(42)8-12(21,22)14(24,25)16(28,29)18(32,33)17(30,31)15(26,27)13(23,19(34,35)36)20(37,38)39;/h10,40,42H,3-9H2,1-2H3;1H2. The van der Waals surface area contributed by atoms with Gasteiger partial charge in [0.2, 0.25) is 0 Å². The maximum absolute atomic E-state index is 14.0. The van der Waals surface area contributed by atoms with Crippen LogP contribution in [0.1, 0.15) is 19.3 Å². The van der Waals surface area contributed by atoms with Crippen molar-refractivity contribution < 1.29 is 108 Å². The van der Waals surface area contributed by atoms with E-state index in [1.807, 2.05) is 0 Å². The third kappa shape index (κ3) is 8.29. The van der Waals surface area contributed by atoms with Crippen LogP contribution in [0.4, 0.5) is 83.4 Å². The molecule has 0 fully saturated rings. The summed E-state index contributed by atoms with van der Waals surface area (Å²) < 4.78 is 254. The Bertz CT molecular complexity index is 968. The zero-order valence-electron chi connectivity index (χ0n) is 22.4. The SMILES string of the molecule is C[N+](C)(CCCNCC(O)CC(F)(F)C(F)(F)C(F)(F)C(F)(F)C(F)(F)C(F)(F)C(F)(C(F)(F)F)C(F)(F)F)CCC(=O)[O-].O. The second-order valence-electron chi connectivity index (χ2n) is 10.2. The van der Waals surface area contributed by atoms with Crippen LogP contribution in [0.5, 0.6) is 0 Å². The van der Waals surface area contributed by atoms with Gasteiger partial charge < -0.3 is 30.3 Å². The van der Waals surface area contributed by atoms with Crippen LogP contribution in [0.3, 0.4) is 0 Å². The molecular weight excluding hydrogens is 693 g/mol. The van der Waals surface area contributed by atoms with Crippen LogP contribution in [0.15, 0.2) is 0 Å². The molecule has 1 unspecified atom stereocenters. The molecule has 0 bridgehead atoms. The largest absolute Gasteiger partial charge is 0.550 e. The Hall–Kier alpha value is -2.02. The number of nitrogens with zero attached hydrogens (tertiary/aromatic N) is 1. The number of quaternary nitrogens is 1. The summed E-state index contributed by atoms with van der Waals surface area (Å²) in [6, 6.07) is 0. The van der Waals surface area contributed by atoms with Crippen LogP contribution in [-0.2, 0) is 4.79 Å². The van der Waals surface area contributed by atoms with Gasteiger partial charge in [0, 0.05) is 38.3 Å². The number of aliphatic hydroxyl groups is 1. The van der Waals surface area contributed by atoms with Gasteiger partial charge in [-0.05, 0) is 0 Å². The van der Waals surface area contributed by atoms with Gasteiger partial charge in [0.1, 0.15) is 0 Å². The molecule has 6 nitrogen and oxygen atoms in total. The molecule has 0 aliphatic heterocycles. The summed E-state index contributed by atoms with van der Waals surface area (Å²) in [5.41, 5.74) is -8.79. The van der Waals surface area contributed by atoms with Crippen molar-refractivity contribution in [3.8, 4) is 0 Å². The first kappa shape index (κ1) is 45.1. The number of aliphatic carboxylic acids is 1. The Morgan fingerprint density at radius 2 is 1.07 bits per heavy atom. The fourth-order valence-electron chi connectivity index (χ4n) is 3.46. The highest BCUT2D eigenvalue weighted by Gasteiger charge is 2.98. The van der Waals surface area contributed by atoms with Crippen molar-refractivity contribution in [3.63, 3.8) is 0 Å². The number of rotatable bonds is 17. The first-order valence-corrected chi connectivity index (χ1v) is 11.5. The smallest absolute Gasteiger partial charge is 0.438 e. The molecule has 0 aromatic heterocycles. The van der Waals surface area contributed by atoms with E-state index in [0.717, 1.165) is 0 Å². The molecule has 0 amide bonds. The van der Waals surface area contributed by atoms with E-state index < -0.39 is 85.0 Å². The van der Waals surface area contributed by atoms with E-state index in [4.69, 9.17) is 0 Å². The van der Waals surface area contributed by atoms with Crippen molar-refractivity contribution in [2.75, 3.05) is 40.3 Å². The van der Waals surface area contributed by atoms with Gasteiger partial charge in [-0.3, -0.25) is 0 Å². The highest BCUT2D eigenvalue weighted by atomic mass is 19.4. The molecule has 272 valence electrons. The van der Waals surface area contributed by atoms with Gasteiger partial charge in [-0.25, -0.2) is 4.39 Å². The first-order chi connectivity index (χ1) is 19.0. The van der Waals surface area contributed by atoms with E-state index in [9.17, 15) is 98.4 Å². The van der Waals surface area contributed by atoms with Crippen molar-refractivity contribution >= 4 is 5.97 Å². The molecule has 0 radical (unpaired) electrons. The molecule has 4 N–H and O–H groups in total. The minimum absolute atomic E-state index is 0. The predicted molar refractivity (Wildman–Crippen MR) is 109 cm³/mol. The van der Waals surface area contributed by atoms with E-state index in [1.54, 1.807) is 0 Å². The van der Waals surface area contributed by atoms with E-state index in [0.29, 0.717) is 0 Å². The number of carboxylic acids is 1. The monoisotopic (exact) mass is 718 g/mol. The Balaban J connectivity index is 0. The lowest BCUT2D eigenvalue weighted by Gasteiger charge is -2.45.